The fourth-order valence-corrected chi connectivity index (χ4v) is 3.52. The van der Waals surface area contributed by atoms with Gasteiger partial charge in [-0.15, -0.1) is 0 Å². The number of carbonyl (C=O) groups is 4. The van der Waals surface area contributed by atoms with Gasteiger partial charge in [0.2, 0.25) is 17.7 Å². The smallest absolute Gasteiger partial charge is 0.326 e. The SMILES string of the molecule is CC(NC(=O)C(CO)NC(=O)C(N)CCCN=C(N)N)C(=O)NC(Cc1c[nH]c2ccccc12)C(=O)O. The number of nitrogens with zero attached hydrogens (tertiary/aromatic N) is 1. The molecule has 4 unspecified atom stereocenters. The van der Waals surface area contributed by atoms with E-state index in [-0.39, 0.29) is 25.3 Å². The highest BCUT2D eigenvalue weighted by Crippen LogP contribution is 2.19. The molecule has 2 rings (SSSR count). The second-order valence-electron chi connectivity index (χ2n) is 8.49. The molecule has 2 aromatic rings. The predicted octanol–water partition coefficient (Wildman–Crippen LogP) is -2.36. The number of benzene rings is 1. The van der Waals surface area contributed by atoms with Crippen LogP contribution in [0.25, 0.3) is 10.9 Å². The van der Waals surface area contributed by atoms with Crippen LogP contribution in [0.15, 0.2) is 35.5 Å². The maximum absolute atomic E-state index is 12.6. The average Bonchev–Trinajstić information content (AvgIpc) is 3.26. The fourth-order valence-electron chi connectivity index (χ4n) is 3.52. The van der Waals surface area contributed by atoms with Crippen molar-refractivity contribution in [2.75, 3.05) is 13.2 Å². The minimum atomic E-state index is -1.37. The minimum absolute atomic E-state index is 0.0160. The largest absolute Gasteiger partial charge is 0.480 e. The van der Waals surface area contributed by atoms with Gasteiger partial charge in [0, 0.05) is 30.1 Å². The fraction of sp³-hybridized carbons (Fsp3) is 0.435. The van der Waals surface area contributed by atoms with Crippen molar-refractivity contribution in [2.45, 2.75) is 50.4 Å². The number of aliphatic hydroxyl groups is 1. The zero-order valence-electron chi connectivity index (χ0n) is 20.4. The Morgan fingerprint density at radius 2 is 1.70 bits per heavy atom. The number of hydrogen-bond acceptors (Lipinski definition) is 7. The molecule has 0 aliphatic heterocycles. The summed E-state index contributed by atoms with van der Waals surface area (Å²) in [6.07, 6.45) is 2.34. The molecule has 0 saturated carbocycles. The summed E-state index contributed by atoms with van der Waals surface area (Å²) in [7, 11) is 0. The Bertz CT molecular complexity index is 1130. The Labute approximate surface area is 213 Å². The van der Waals surface area contributed by atoms with Crippen LogP contribution < -0.4 is 33.2 Å². The van der Waals surface area contributed by atoms with Gasteiger partial charge in [-0.25, -0.2) is 4.79 Å². The Kier molecular flexibility index (Phi) is 10.8. The Hall–Kier alpha value is -4.17. The maximum Gasteiger partial charge on any atom is 0.326 e. The van der Waals surface area contributed by atoms with Crippen LogP contribution in [0.5, 0.6) is 0 Å². The van der Waals surface area contributed by atoms with Gasteiger partial charge in [0.25, 0.3) is 0 Å². The van der Waals surface area contributed by atoms with Gasteiger partial charge in [-0.3, -0.25) is 19.4 Å². The van der Waals surface area contributed by atoms with Gasteiger partial charge in [0.05, 0.1) is 12.6 Å². The summed E-state index contributed by atoms with van der Waals surface area (Å²) in [5, 5.41) is 27.1. The molecule has 202 valence electrons. The van der Waals surface area contributed by atoms with Gasteiger partial charge in [-0.05, 0) is 31.4 Å². The molecule has 14 heteroatoms. The first kappa shape index (κ1) is 29.1. The first-order chi connectivity index (χ1) is 17.5. The van der Waals surface area contributed by atoms with Crippen LogP contribution in [0, 0.1) is 0 Å². The number of carbonyl (C=O) groups excluding carboxylic acids is 3. The number of guanidine groups is 1. The van der Waals surface area contributed by atoms with Crippen molar-refractivity contribution in [3.05, 3.63) is 36.0 Å². The molecular weight excluding hydrogens is 484 g/mol. The normalized spacial score (nSPS) is 14.1. The highest BCUT2D eigenvalue weighted by Gasteiger charge is 2.28. The Balaban J connectivity index is 1.91. The van der Waals surface area contributed by atoms with E-state index in [1.54, 1.807) is 6.20 Å². The van der Waals surface area contributed by atoms with Gasteiger partial charge in [-0.2, -0.15) is 0 Å². The molecule has 0 radical (unpaired) electrons. The summed E-state index contributed by atoms with van der Waals surface area (Å²) >= 11 is 0. The van der Waals surface area contributed by atoms with Gasteiger partial charge in [-0.1, -0.05) is 18.2 Å². The number of H-pyrrole nitrogens is 1. The highest BCUT2D eigenvalue weighted by atomic mass is 16.4. The number of aliphatic carboxylic acids is 1. The second kappa shape index (κ2) is 13.8. The third-order valence-electron chi connectivity index (χ3n) is 5.59. The first-order valence-electron chi connectivity index (χ1n) is 11.6. The van der Waals surface area contributed by atoms with Crippen molar-refractivity contribution < 1.29 is 29.4 Å². The number of nitrogens with one attached hydrogen (secondary N) is 4. The van der Waals surface area contributed by atoms with Gasteiger partial charge < -0.3 is 48.3 Å². The number of aromatic nitrogens is 1. The molecule has 0 aliphatic rings. The standard InChI is InChI=1S/C23H34N8O6/c1-12(29-21(35)18(11-32)31-20(34)15(24)6-4-8-27-23(25)26)19(33)30-17(22(36)37)9-13-10-28-16-7-3-2-5-14(13)16/h2-3,5,7,10,12,15,17-18,28,32H,4,6,8-9,11,24H2,1H3,(H,29,35)(H,30,33)(H,31,34)(H,36,37)(H4,25,26,27). The maximum atomic E-state index is 12.6. The van der Waals surface area contributed by atoms with E-state index in [2.05, 4.69) is 25.9 Å². The number of carboxylic acid groups (broad SMARTS) is 1. The van der Waals surface area contributed by atoms with Gasteiger partial charge in [0.1, 0.15) is 18.1 Å². The molecular formula is C23H34N8O6. The number of para-hydroxylation sites is 1. The van der Waals surface area contributed by atoms with Crippen molar-refractivity contribution in [1.29, 1.82) is 0 Å². The second-order valence-corrected chi connectivity index (χ2v) is 8.49. The van der Waals surface area contributed by atoms with E-state index < -0.39 is 54.5 Å². The quantitative estimate of drug-likeness (QED) is 0.0735. The summed E-state index contributed by atoms with van der Waals surface area (Å²) in [6, 6.07) is 2.60. The molecule has 37 heavy (non-hydrogen) atoms. The average molecular weight is 519 g/mol. The van der Waals surface area contributed by atoms with Crippen LogP contribution in [0.1, 0.15) is 25.3 Å². The molecule has 0 spiro atoms. The van der Waals surface area contributed by atoms with E-state index in [0.29, 0.717) is 12.0 Å². The lowest BCUT2D eigenvalue weighted by atomic mass is 10.0. The topological polar surface area (TPSA) is 251 Å². The Morgan fingerprint density at radius 3 is 2.35 bits per heavy atom. The summed E-state index contributed by atoms with van der Waals surface area (Å²) in [5.74, 6) is -3.59. The number of aliphatic hydroxyl groups excluding tert-OH is 1. The van der Waals surface area contributed by atoms with Crippen LogP contribution in [-0.2, 0) is 25.6 Å². The summed E-state index contributed by atoms with van der Waals surface area (Å²) in [6.45, 7) is 0.881. The van der Waals surface area contributed by atoms with E-state index in [9.17, 15) is 29.4 Å². The third-order valence-corrected chi connectivity index (χ3v) is 5.59. The first-order valence-corrected chi connectivity index (χ1v) is 11.6. The van der Waals surface area contributed by atoms with Gasteiger partial charge >= 0.3 is 5.97 Å². The van der Waals surface area contributed by atoms with Crippen molar-refractivity contribution >= 4 is 40.6 Å². The number of rotatable bonds is 14. The molecule has 1 heterocycles. The van der Waals surface area contributed by atoms with E-state index in [4.69, 9.17) is 17.2 Å². The number of fused-ring (bicyclic) bond motifs is 1. The van der Waals surface area contributed by atoms with Crippen molar-refractivity contribution in [2.24, 2.45) is 22.2 Å². The van der Waals surface area contributed by atoms with Crippen LogP contribution in [-0.4, -0.2) is 82.2 Å². The monoisotopic (exact) mass is 518 g/mol. The zero-order valence-corrected chi connectivity index (χ0v) is 20.4. The lowest BCUT2D eigenvalue weighted by Gasteiger charge is -2.22. The van der Waals surface area contributed by atoms with Crippen molar-refractivity contribution in [3.63, 3.8) is 0 Å². The van der Waals surface area contributed by atoms with Crippen LogP contribution in [0.4, 0.5) is 0 Å². The van der Waals surface area contributed by atoms with E-state index >= 15 is 0 Å². The molecule has 0 aliphatic carbocycles. The number of amides is 3. The zero-order chi connectivity index (χ0) is 27.5. The molecule has 0 fully saturated rings. The number of aliphatic imine (C=N–C) groups is 1. The van der Waals surface area contributed by atoms with Crippen LogP contribution in [0.2, 0.25) is 0 Å². The predicted molar refractivity (Wildman–Crippen MR) is 136 cm³/mol. The molecule has 0 bridgehead atoms. The molecule has 4 atom stereocenters. The summed E-state index contributed by atoms with van der Waals surface area (Å²) < 4.78 is 0. The van der Waals surface area contributed by atoms with E-state index in [0.717, 1.165) is 10.9 Å². The summed E-state index contributed by atoms with van der Waals surface area (Å²) in [4.78, 5) is 56.0. The molecule has 0 saturated heterocycles. The lowest BCUT2D eigenvalue weighted by molar-refractivity contribution is -0.142. The van der Waals surface area contributed by atoms with Gasteiger partial charge in [0.15, 0.2) is 5.96 Å². The summed E-state index contributed by atoms with van der Waals surface area (Å²) in [5.41, 5.74) is 17.8. The number of hydrogen-bond donors (Lipinski definition) is 9. The highest BCUT2D eigenvalue weighted by molar-refractivity contribution is 5.94. The molecule has 3 amide bonds. The molecule has 1 aromatic carbocycles. The van der Waals surface area contributed by atoms with E-state index in [1.807, 2.05) is 24.3 Å². The molecule has 12 N–H and O–H groups in total. The Morgan fingerprint density at radius 1 is 1.03 bits per heavy atom. The van der Waals surface area contributed by atoms with Crippen molar-refractivity contribution in [1.82, 2.24) is 20.9 Å². The minimum Gasteiger partial charge on any atom is -0.480 e. The van der Waals surface area contributed by atoms with Crippen LogP contribution in [0.3, 0.4) is 0 Å². The van der Waals surface area contributed by atoms with Crippen molar-refractivity contribution in [3.8, 4) is 0 Å². The van der Waals surface area contributed by atoms with E-state index in [1.165, 1.54) is 6.92 Å². The third kappa shape index (κ3) is 8.77. The molecule has 1 aromatic heterocycles. The molecule has 14 nitrogen and oxygen atoms in total. The number of carboxylic acids is 1. The number of nitrogens with two attached hydrogens (primary N) is 3. The number of aromatic amines is 1. The lowest BCUT2D eigenvalue weighted by Crippen LogP contribution is -2.57. The van der Waals surface area contributed by atoms with Crippen LogP contribution >= 0.6 is 0 Å².